The Balaban J connectivity index is 2.71. The number of nitrogens with two attached hydrogens (primary N) is 1. The molecule has 2 N–H and O–H groups in total. The maximum absolute atomic E-state index is 5.50. The van der Waals surface area contributed by atoms with Gasteiger partial charge in [-0.05, 0) is 54.6 Å². The van der Waals surface area contributed by atoms with E-state index in [0.29, 0.717) is 0 Å². The number of hydrogen-bond donors (Lipinski definition) is 1. The molecule has 0 aliphatic rings. The molecule has 0 saturated heterocycles. The molecule has 1 aromatic heterocycles. The van der Waals surface area contributed by atoms with Crippen molar-refractivity contribution in [2.24, 2.45) is 5.73 Å². The molecule has 0 aliphatic heterocycles. The van der Waals surface area contributed by atoms with Crippen LogP contribution in [0.2, 0.25) is 0 Å². The van der Waals surface area contributed by atoms with Gasteiger partial charge >= 0.3 is 0 Å². The first kappa shape index (κ1) is 11.2. The van der Waals surface area contributed by atoms with Crippen molar-refractivity contribution in [1.82, 2.24) is 4.90 Å². The predicted molar refractivity (Wildman–Crippen MR) is 62.2 cm³/mol. The quantitative estimate of drug-likeness (QED) is 0.901. The van der Waals surface area contributed by atoms with Gasteiger partial charge in [-0.15, -0.1) is 11.3 Å². The van der Waals surface area contributed by atoms with Gasteiger partial charge in [0.05, 0.1) is 3.79 Å². The van der Waals surface area contributed by atoms with Crippen LogP contribution in [0.15, 0.2) is 9.85 Å². The highest BCUT2D eigenvalue weighted by Crippen LogP contribution is 2.28. The van der Waals surface area contributed by atoms with Crippen LogP contribution in [0.4, 0.5) is 0 Å². The molecule has 0 radical (unpaired) electrons. The summed E-state index contributed by atoms with van der Waals surface area (Å²) in [4.78, 5) is 3.53. The molecule has 2 nitrogen and oxygen atoms in total. The van der Waals surface area contributed by atoms with Gasteiger partial charge in [-0.3, -0.25) is 0 Å². The lowest BCUT2D eigenvalue weighted by atomic mass is 10.2. The molecule has 0 aliphatic carbocycles. The molecule has 13 heavy (non-hydrogen) atoms. The summed E-state index contributed by atoms with van der Waals surface area (Å²) in [5.41, 5.74) is 6.86. The maximum Gasteiger partial charge on any atom is 0.0746 e. The van der Waals surface area contributed by atoms with Crippen molar-refractivity contribution in [2.75, 3.05) is 20.6 Å². The molecule has 4 heteroatoms. The molecule has 0 amide bonds. The second-order valence-electron chi connectivity index (χ2n) is 3.29. The van der Waals surface area contributed by atoms with Crippen molar-refractivity contribution in [3.05, 3.63) is 20.3 Å². The largest absolute Gasteiger partial charge is 0.330 e. The van der Waals surface area contributed by atoms with Crippen LogP contribution >= 0.6 is 27.3 Å². The predicted octanol–water partition coefficient (Wildman–Crippen LogP) is 2.07. The van der Waals surface area contributed by atoms with E-state index >= 15 is 0 Å². The van der Waals surface area contributed by atoms with Crippen molar-refractivity contribution < 1.29 is 0 Å². The fraction of sp³-hybridized carbons (Fsp3) is 0.556. The second kappa shape index (κ2) is 5.10. The Morgan fingerprint density at radius 2 is 2.23 bits per heavy atom. The Morgan fingerprint density at radius 1 is 1.54 bits per heavy atom. The van der Waals surface area contributed by atoms with Gasteiger partial charge in [0.1, 0.15) is 0 Å². The van der Waals surface area contributed by atoms with E-state index < -0.39 is 0 Å². The molecule has 1 heterocycles. The first-order chi connectivity index (χ1) is 6.13. The van der Waals surface area contributed by atoms with E-state index in [1.54, 1.807) is 11.3 Å². The minimum absolute atomic E-state index is 0.731. The minimum Gasteiger partial charge on any atom is -0.330 e. The molecule has 0 bridgehead atoms. The van der Waals surface area contributed by atoms with Crippen LogP contribution in [0.3, 0.4) is 0 Å². The van der Waals surface area contributed by atoms with E-state index in [0.717, 1.165) is 19.5 Å². The summed E-state index contributed by atoms with van der Waals surface area (Å²) in [5, 5.41) is 0. The Labute approximate surface area is 91.9 Å². The molecule has 0 spiro atoms. The van der Waals surface area contributed by atoms with E-state index in [2.05, 4.69) is 41.0 Å². The number of nitrogens with zero attached hydrogens (tertiary/aromatic N) is 1. The smallest absolute Gasteiger partial charge is 0.0746 e. The average molecular weight is 263 g/mol. The SMILES string of the molecule is CN(C)Cc1cc(CCN)sc1Br. The Kier molecular flexibility index (Phi) is 4.38. The third-order valence-corrected chi connectivity index (χ3v) is 3.71. The van der Waals surface area contributed by atoms with Crippen LogP contribution in [0.25, 0.3) is 0 Å². The van der Waals surface area contributed by atoms with Gasteiger partial charge in [0, 0.05) is 11.4 Å². The highest BCUT2D eigenvalue weighted by molar-refractivity contribution is 9.11. The van der Waals surface area contributed by atoms with Crippen LogP contribution in [-0.2, 0) is 13.0 Å². The fourth-order valence-corrected chi connectivity index (χ4v) is 2.94. The van der Waals surface area contributed by atoms with Gasteiger partial charge in [-0.1, -0.05) is 0 Å². The standard InChI is InChI=1S/C9H15BrN2S/c1-12(2)6-7-5-8(3-4-11)13-9(7)10/h5H,3-4,6,11H2,1-2H3. The van der Waals surface area contributed by atoms with E-state index in [-0.39, 0.29) is 0 Å². The van der Waals surface area contributed by atoms with E-state index in [4.69, 9.17) is 5.73 Å². The van der Waals surface area contributed by atoms with Crippen LogP contribution in [0, 0.1) is 0 Å². The monoisotopic (exact) mass is 262 g/mol. The zero-order chi connectivity index (χ0) is 9.84. The summed E-state index contributed by atoms with van der Waals surface area (Å²) in [6.45, 7) is 1.72. The average Bonchev–Trinajstić information content (AvgIpc) is 2.31. The lowest BCUT2D eigenvalue weighted by molar-refractivity contribution is 0.402. The van der Waals surface area contributed by atoms with Gasteiger partial charge < -0.3 is 10.6 Å². The fourth-order valence-electron chi connectivity index (χ4n) is 1.18. The lowest BCUT2D eigenvalue weighted by Gasteiger charge is -2.07. The summed E-state index contributed by atoms with van der Waals surface area (Å²) < 4.78 is 1.24. The summed E-state index contributed by atoms with van der Waals surface area (Å²) >= 11 is 5.36. The lowest BCUT2D eigenvalue weighted by Crippen LogP contribution is -2.10. The molecule has 1 rings (SSSR count). The zero-order valence-corrected chi connectivity index (χ0v) is 10.4. The molecule has 0 atom stereocenters. The van der Waals surface area contributed by atoms with Crippen LogP contribution in [0.5, 0.6) is 0 Å². The number of halogens is 1. The molecular formula is C9H15BrN2S. The first-order valence-electron chi connectivity index (χ1n) is 4.25. The van der Waals surface area contributed by atoms with Gasteiger partial charge in [0.2, 0.25) is 0 Å². The topological polar surface area (TPSA) is 29.3 Å². The van der Waals surface area contributed by atoms with Crippen LogP contribution in [-0.4, -0.2) is 25.5 Å². The van der Waals surface area contributed by atoms with Gasteiger partial charge in [-0.2, -0.15) is 0 Å². The van der Waals surface area contributed by atoms with Crippen molar-refractivity contribution >= 4 is 27.3 Å². The van der Waals surface area contributed by atoms with Crippen molar-refractivity contribution in [2.45, 2.75) is 13.0 Å². The van der Waals surface area contributed by atoms with Crippen LogP contribution < -0.4 is 5.73 Å². The van der Waals surface area contributed by atoms with Gasteiger partial charge in [-0.25, -0.2) is 0 Å². The van der Waals surface area contributed by atoms with Gasteiger partial charge in [0.25, 0.3) is 0 Å². The first-order valence-corrected chi connectivity index (χ1v) is 5.86. The molecule has 0 aromatic carbocycles. The normalized spacial score (nSPS) is 11.2. The zero-order valence-electron chi connectivity index (χ0n) is 8.01. The highest BCUT2D eigenvalue weighted by atomic mass is 79.9. The summed E-state index contributed by atoms with van der Waals surface area (Å²) in [6, 6.07) is 2.24. The van der Waals surface area contributed by atoms with Crippen molar-refractivity contribution in [3.8, 4) is 0 Å². The highest BCUT2D eigenvalue weighted by Gasteiger charge is 2.06. The minimum atomic E-state index is 0.731. The van der Waals surface area contributed by atoms with E-state index in [9.17, 15) is 0 Å². The Morgan fingerprint density at radius 3 is 2.77 bits per heavy atom. The summed E-state index contributed by atoms with van der Waals surface area (Å²) in [7, 11) is 4.15. The van der Waals surface area contributed by atoms with Crippen LogP contribution in [0.1, 0.15) is 10.4 Å². The summed E-state index contributed by atoms with van der Waals surface area (Å²) in [6.07, 6.45) is 0.983. The van der Waals surface area contributed by atoms with E-state index in [1.165, 1.54) is 14.2 Å². The Hall–Kier alpha value is 0.100. The molecular weight excluding hydrogens is 248 g/mol. The Bertz CT molecular complexity index is 271. The number of thiophene rings is 1. The van der Waals surface area contributed by atoms with Crippen molar-refractivity contribution in [1.29, 1.82) is 0 Å². The van der Waals surface area contributed by atoms with Gasteiger partial charge in [0.15, 0.2) is 0 Å². The molecule has 0 unspecified atom stereocenters. The van der Waals surface area contributed by atoms with E-state index in [1.807, 2.05) is 0 Å². The number of hydrogen-bond acceptors (Lipinski definition) is 3. The molecule has 0 saturated carbocycles. The molecule has 0 fully saturated rings. The third kappa shape index (κ3) is 3.38. The number of rotatable bonds is 4. The molecule has 1 aromatic rings. The molecule has 74 valence electrons. The summed E-state index contributed by atoms with van der Waals surface area (Å²) in [5.74, 6) is 0. The third-order valence-electron chi connectivity index (χ3n) is 1.69. The second-order valence-corrected chi connectivity index (χ2v) is 5.74. The van der Waals surface area contributed by atoms with Crippen molar-refractivity contribution in [3.63, 3.8) is 0 Å². The maximum atomic E-state index is 5.50.